The molecule has 2 aromatic carbocycles. The van der Waals surface area contributed by atoms with E-state index in [0.29, 0.717) is 5.56 Å². The minimum absolute atomic E-state index is 0.167. The van der Waals surface area contributed by atoms with Crippen LogP contribution in [0.15, 0.2) is 65.9 Å². The molecule has 0 amide bonds. The van der Waals surface area contributed by atoms with Gasteiger partial charge in [0.05, 0.1) is 5.57 Å². The number of aliphatic hydroxyl groups is 1. The van der Waals surface area contributed by atoms with Crippen LogP contribution in [0.2, 0.25) is 0 Å². The Labute approximate surface area is 116 Å². The van der Waals surface area contributed by atoms with Crippen LogP contribution >= 0.6 is 0 Å². The zero-order valence-electron chi connectivity index (χ0n) is 10.7. The lowest BCUT2D eigenvalue weighted by atomic mass is 9.85. The van der Waals surface area contributed by atoms with Gasteiger partial charge in [-0.15, -0.1) is 0 Å². The standard InChI is InChI=1S/C17H12O3/c18-15-12-8-4-5-9-13(12)16(19)17(20)14(15)10-11-6-2-1-3-7-11/h1-9,20H,10H2. The van der Waals surface area contributed by atoms with E-state index in [1.54, 1.807) is 24.3 Å². The molecule has 0 heterocycles. The Morgan fingerprint density at radius 2 is 1.30 bits per heavy atom. The van der Waals surface area contributed by atoms with Gasteiger partial charge in [-0.3, -0.25) is 9.59 Å². The molecule has 3 heteroatoms. The van der Waals surface area contributed by atoms with Gasteiger partial charge < -0.3 is 5.11 Å². The molecule has 0 unspecified atom stereocenters. The third-order valence-corrected chi connectivity index (χ3v) is 3.42. The van der Waals surface area contributed by atoms with Crippen molar-refractivity contribution in [3.05, 3.63) is 82.6 Å². The van der Waals surface area contributed by atoms with Crippen LogP contribution < -0.4 is 0 Å². The molecule has 0 saturated heterocycles. The Morgan fingerprint density at radius 1 is 0.750 bits per heavy atom. The van der Waals surface area contributed by atoms with Crippen LogP contribution in [0.25, 0.3) is 0 Å². The second-order valence-corrected chi connectivity index (χ2v) is 4.69. The molecule has 2 aromatic rings. The van der Waals surface area contributed by atoms with Gasteiger partial charge in [0.25, 0.3) is 0 Å². The summed E-state index contributed by atoms with van der Waals surface area (Å²) < 4.78 is 0. The first-order valence-corrected chi connectivity index (χ1v) is 6.33. The average molecular weight is 264 g/mol. The van der Waals surface area contributed by atoms with Crippen LogP contribution in [0.3, 0.4) is 0 Å². The summed E-state index contributed by atoms with van der Waals surface area (Å²) in [6.07, 6.45) is 0.256. The maximum atomic E-state index is 12.4. The van der Waals surface area contributed by atoms with Gasteiger partial charge in [0.1, 0.15) is 0 Å². The highest BCUT2D eigenvalue weighted by molar-refractivity contribution is 6.26. The molecule has 1 aliphatic carbocycles. The normalized spacial score (nSPS) is 14.4. The van der Waals surface area contributed by atoms with Gasteiger partial charge in [-0.05, 0) is 5.56 Å². The van der Waals surface area contributed by atoms with E-state index in [1.807, 2.05) is 30.3 Å². The third kappa shape index (κ3) is 1.93. The molecular weight excluding hydrogens is 252 g/mol. The number of Topliss-reactive ketones (excluding diaryl/α,β-unsaturated/α-hetero) is 2. The number of benzene rings is 2. The molecule has 0 fully saturated rings. The Balaban J connectivity index is 2.06. The summed E-state index contributed by atoms with van der Waals surface area (Å²) in [5.41, 5.74) is 1.68. The van der Waals surface area contributed by atoms with Gasteiger partial charge in [0.15, 0.2) is 11.5 Å². The molecule has 0 spiro atoms. The van der Waals surface area contributed by atoms with Crippen LogP contribution in [0.4, 0.5) is 0 Å². The highest BCUT2D eigenvalue weighted by Gasteiger charge is 2.31. The fourth-order valence-corrected chi connectivity index (χ4v) is 2.38. The number of fused-ring (bicyclic) bond motifs is 1. The van der Waals surface area contributed by atoms with Gasteiger partial charge >= 0.3 is 0 Å². The Bertz CT molecular complexity index is 727. The van der Waals surface area contributed by atoms with Crippen LogP contribution in [-0.2, 0) is 6.42 Å². The molecule has 0 radical (unpaired) electrons. The summed E-state index contributed by atoms with van der Waals surface area (Å²) in [4.78, 5) is 24.5. The van der Waals surface area contributed by atoms with Crippen LogP contribution in [0.1, 0.15) is 26.3 Å². The summed E-state index contributed by atoms with van der Waals surface area (Å²) in [6, 6.07) is 15.9. The van der Waals surface area contributed by atoms with Crippen LogP contribution in [0, 0.1) is 0 Å². The van der Waals surface area contributed by atoms with E-state index in [9.17, 15) is 14.7 Å². The predicted octanol–water partition coefficient (Wildman–Crippen LogP) is 3.12. The molecule has 0 atom stereocenters. The maximum absolute atomic E-state index is 12.4. The van der Waals surface area contributed by atoms with E-state index in [2.05, 4.69) is 0 Å². The predicted molar refractivity (Wildman–Crippen MR) is 74.9 cm³/mol. The zero-order chi connectivity index (χ0) is 14.1. The number of rotatable bonds is 2. The molecule has 98 valence electrons. The lowest BCUT2D eigenvalue weighted by Crippen LogP contribution is -2.23. The second kappa shape index (κ2) is 4.78. The van der Waals surface area contributed by atoms with Crippen molar-refractivity contribution in [2.45, 2.75) is 6.42 Å². The molecule has 1 N–H and O–H groups in total. The molecule has 0 aliphatic heterocycles. The van der Waals surface area contributed by atoms with E-state index < -0.39 is 11.5 Å². The van der Waals surface area contributed by atoms with E-state index in [1.165, 1.54) is 0 Å². The van der Waals surface area contributed by atoms with Gasteiger partial charge in [-0.2, -0.15) is 0 Å². The number of hydrogen-bond acceptors (Lipinski definition) is 3. The van der Waals surface area contributed by atoms with Crippen molar-refractivity contribution in [1.29, 1.82) is 0 Å². The first kappa shape index (κ1) is 12.4. The average Bonchev–Trinajstić information content (AvgIpc) is 2.50. The Morgan fingerprint density at radius 3 is 1.95 bits per heavy atom. The fourth-order valence-electron chi connectivity index (χ4n) is 2.38. The molecule has 3 rings (SSSR count). The van der Waals surface area contributed by atoms with Crippen molar-refractivity contribution in [2.24, 2.45) is 0 Å². The van der Waals surface area contributed by atoms with Gasteiger partial charge in [0.2, 0.25) is 5.78 Å². The van der Waals surface area contributed by atoms with E-state index >= 15 is 0 Å². The van der Waals surface area contributed by atoms with Crippen molar-refractivity contribution in [3.8, 4) is 0 Å². The molecule has 20 heavy (non-hydrogen) atoms. The largest absolute Gasteiger partial charge is 0.504 e. The number of ketones is 2. The summed E-state index contributed by atoms with van der Waals surface area (Å²) in [5.74, 6) is -1.19. The van der Waals surface area contributed by atoms with Crippen molar-refractivity contribution < 1.29 is 14.7 Å². The zero-order valence-corrected chi connectivity index (χ0v) is 10.7. The van der Waals surface area contributed by atoms with E-state index in [4.69, 9.17) is 0 Å². The molecule has 3 nitrogen and oxygen atoms in total. The first-order valence-electron chi connectivity index (χ1n) is 6.33. The summed E-state index contributed by atoms with van der Waals surface area (Å²) >= 11 is 0. The van der Waals surface area contributed by atoms with E-state index in [-0.39, 0.29) is 23.3 Å². The Kier molecular flexibility index (Phi) is 2.95. The third-order valence-electron chi connectivity index (χ3n) is 3.42. The SMILES string of the molecule is O=C1C(O)=C(Cc2ccccc2)C(=O)c2ccccc21. The monoisotopic (exact) mass is 264 g/mol. The maximum Gasteiger partial charge on any atom is 0.228 e. The van der Waals surface area contributed by atoms with Gasteiger partial charge in [-0.25, -0.2) is 0 Å². The van der Waals surface area contributed by atoms with Crippen molar-refractivity contribution in [2.75, 3.05) is 0 Å². The van der Waals surface area contributed by atoms with Crippen LogP contribution in [0.5, 0.6) is 0 Å². The molecule has 0 saturated carbocycles. The molecular formula is C17H12O3. The number of carbonyl (C=O) groups excluding carboxylic acids is 2. The molecule has 0 aromatic heterocycles. The lowest BCUT2D eigenvalue weighted by molar-refractivity contribution is 0.0927. The number of allylic oxidation sites excluding steroid dienone is 2. The molecule has 1 aliphatic rings. The first-order chi connectivity index (χ1) is 9.68. The van der Waals surface area contributed by atoms with Crippen molar-refractivity contribution >= 4 is 11.6 Å². The number of carbonyl (C=O) groups is 2. The van der Waals surface area contributed by atoms with Gasteiger partial charge in [0, 0.05) is 17.5 Å². The number of hydrogen-bond donors (Lipinski definition) is 1. The quantitative estimate of drug-likeness (QED) is 0.906. The second-order valence-electron chi connectivity index (χ2n) is 4.69. The minimum Gasteiger partial charge on any atom is -0.504 e. The highest BCUT2D eigenvalue weighted by Crippen LogP contribution is 2.27. The van der Waals surface area contributed by atoms with Crippen molar-refractivity contribution in [3.63, 3.8) is 0 Å². The van der Waals surface area contributed by atoms with Gasteiger partial charge in [-0.1, -0.05) is 54.6 Å². The van der Waals surface area contributed by atoms with Crippen molar-refractivity contribution in [1.82, 2.24) is 0 Å². The smallest absolute Gasteiger partial charge is 0.228 e. The summed E-state index contributed by atoms with van der Waals surface area (Å²) in [7, 11) is 0. The lowest BCUT2D eigenvalue weighted by Gasteiger charge is -2.17. The minimum atomic E-state index is -0.480. The summed E-state index contributed by atoms with van der Waals surface area (Å²) in [6.45, 7) is 0. The summed E-state index contributed by atoms with van der Waals surface area (Å²) in [5, 5.41) is 10.0. The van der Waals surface area contributed by atoms with E-state index in [0.717, 1.165) is 5.56 Å². The number of aliphatic hydroxyl groups excluding tert-OH is 1. The fraction of sp³-hybridized carbons (Fsp3) is 0.0588. The molecule has 0 bridgehead atoms. The Hall–Kier alpha value is -2.68. The van der Waals surface area contributed by atoms with Crippen LogP contribution in [-0.4, -0.2) is 16.7 Å². The highest BCUT2D eigenvalue weighted by atomic mass is 16.3. The topological polar surface area (TPSA) is 54.4 Å².